The zero-order chi connectivity index (χ0) is 46.3. The summed E-state index contributed by atoms with van der Waals surface area (Å²) in [5.74, 6) is 0.424. The molecule has 3 unspecified atom stereocenters. The van der Waals surface area contributed by atoms with Gasteiger partial charge in [-0.2, -0.15) is 4.98 Å². The van der Waals surface area contributed by atoms with Gasteiger partial charge in [0.05, 0.1) is 16.0 Å². The maximum absolute atomic E-state index is 13.5. The molecule has 2 bridgehead atoms. The number of fused-ring (bicyclic) bond motifs is 4. The fourth-order valence-corrected chi connectivity index (χ4v) is 11.3. The van der Waals surface area contributed by atoms with E-state index < -0.39 is 39.3 Å². The topological polar surface area (TPSA) is 199 Å². The molecule has 1 aromatic heterocycles. The van der Waals surface area contributed by atoms with Crippen LogP contribution in [0.4, 0.5) is 28.8 Å². The maximum atomic E-state index is 13.5. The van der Waals surface area contributed by atoms with Crippen LogP contribution in [0.15, 0.2) is 77.8 Å². The molecule has 0 radical (unpaired) electrons. The highest BCUT2D eigenvalue weighted by atomic mass is 32.2. The van der Waals surface area contributed by atoms with Gasteiger partial charge in [-0.3, -0.25) is 39.2 Å². The number of sulfonamides is 1. The van der Waals surface area contributed by atoms with E-state index in [1.54, 1.807) is 57.3 Å². The van der Waals surface area contributed by atoms with E-state index in [4.69, 9.17) is 4.74 Å². The van der Waals surface area contributed by atoms with Gasteiger partial charge < -0.3 is 20.3 Å². The number of piperazine rings is 1. The second kappa shape index (κ2) is 18.4. The van der Waals surface area contributed by atoms with E-state index >= 15 is 0 Å². The molecule has 6 aliphatic rings. The highest BCUT2D eigenvalue weighted by Gasteiger charge is 2.46. The van der Waals surface area contributed by atoms with Crippen molar-refractivity contribution in [2.75, 3.05) is 61.4 Å². The number of benzene rings is 3. The third kappa shape index (κ3) is 9.91. The molecule has 7 heterocycles. The van der Waals surface area contributed by atoms with Gasteiger partial charge >= 0.3 is 0 Å². The Morgan fingerprint density at radius 3 is 2.32 bits per heavy atom. The molecule has 6 aliphatic heterocycles. The van der Waals surface area contributed by atoms with Crippen LogP contribution in [0.25, 0.3) is 0 Å². The summed E-state index contributed by atoms with van der Waals surface area (Å²) in [6.45, 7) is 13.7. The highest BCUT2D eigenvalue weighted by Crippen LogP contribution is 2.37. The Balaban J connectivity index is 0.708. The number of amides is 4. The molecular formula is C48H58N10O7S. The molecule has 348 valence electrons. The number of carbonyl (C=O) groups is 4. The Morgan fingerprint density at radius 1 is 0.833 bits per heavy atom. The summed E-state index contributed by atoms with van der Waals surface area (Å²) in [7, 11) is -3.70. The van der Waals surface area contributed by atoms with Crippen molar-refractivity contribution in [2.24, 2.45) is 5.92 Å². The molecule has 4 aromatic rings. The summed E-state index contributed by atoms with van der Waals surface area (Å²) in [4.78, 5) is 68.8. The minimum absolute atomic E-state index is 0.0950. The number of nitrogens with one attached hydrogen (secondary N) is 4. The molecule has 10 rings (SSSR count). The first-order chi connectivity index (χ1) is 31.6. The number of aryl methyl sites for hydroxylation is 1. The predicted molar refractivity (Wildman–Crippen MR) is 250 cm³/mol. The number of hydrogen-bond acceptors (Lipinski definition) is 14. The average molecular weight is 919 g/mol. The number of piperidine rings is 4. The molecule has 4 amide bonds. The Hall–Kier alpha value is -5.95. The normalized spacial score (nSPS) is 21.8. The zero-order valence-electron chi connectivity index (χ0n) is 37.9. The lowest BCUT2D eigenvalue weighted by atomic mass is 9.87. The maximum Gasteiger partial charge on any atom is 0.262 e. The first-order valence-electron chi connectivity index (χ1n) is 22.9. The van der Waals surface area contributed by atoms with E-state index in [0.29, 0.717) is 53.2 Å². The van der Waals surface area contributed by atoms with Crippen molar-refractivity contribution in [3.8, 4) is 5.75 Å². The molecule has 0 aliphatic carbocycles. The van der Waals surface area contributed by atoms with Crippen LogP contribution in [-0.4, -0.2) is 126 Å². The van der Waals surface area contributed by atoms with Crippen molar-refractivity contribution < 1.29 is 32.3 Å². The van der Waals surface area contributed by atoms with Crippen molar-refractivity contribution in [1.82, 2.24) is 34.7 Å². The van der Waals surface area contributed by atoms with Crippen LogP contribution in [-0.2, 0) is 19.6 Å². The summed E-state index contributed by atoms with van der Waals surface area (Å²) in [5.41, 5.74) is 3.15. The molecule has 5 fully saturated rings. The van der Waals surface area contributed by atoms with Gasteiger partial charge in [-0.25, -0.2) is 18.1 Å². The predicted octanol–water partition coefficient (Wildman–Crippen LogP) is 5.19. The lowest BCUT2D eigenvalue weighted by molar-refractivity contribution is -0.136. The monoisotopic (exact) mass is 918 g/mol. The van der Waals surface area contributed by atoms with Crippen LogP contribution in [0.5, 0.6) is 5.75 Å². The van der Waals surface area contributed by atoms with Gasteiger partial charge in [-0.1, -0.05) is 6.07 Å². The van der Waals surface area contributed by atoms with Gasteiger partial charge in [0.25, 0.3) is 11.8 Å². The summed E-state index contributed by atoms with van der Waals surface area (Å²) in [6, 6.07) is 19.6. The fourth-order valence-electron chi connectivity index (χ4n) is 9.84. The lowest BCUT2D eigenvalue weighted by Crippen LogP contribution is -2.63. The largest absolute Gasteiger partial charge is 0.492 e. The minimum Gasteiger partial charge on any atom is -0.492 e. The fraction of sp³-hybridized carbons (Fsp3) is 0.458. The van der Waals surface area contributed by atoms with E-state index in [1.807, 2.05) is 43.3 Å². The summed E-state index contributed by atoms with van der Waals surface area (Å²) < 4.78 is 34.7. The number of hydrogen-bond donors (Lipinski definition) is 4. The SMILES string of the molecule is Cc1cnc(Nc2ccc(OCCN3CCC(CN4CC5CCC4CN5c4ccc5c(c4)C(=O)N(C4CCC(=O)NC4=O)C5=O)CC3)cc2)nc1Nc1cccc(S(=O)(=O)NC(C)(C)C)c1. The van der Waals surface area contributed by atoms with Gasteiger partial charge in [0, 0.05) is 79.0 Å². The van der Waals surface area contributed by atoms with Gasteiger partial charge in [0.1, 0.15) is 24.2 Å². The number of ether oxygens (including phenoxy) is 1. The van der Waals surface area contributed by atoms with Gasteiger partial charge in [-0.15, -0.1) is 0 Å². The number of likely N-dealkylation sites (tertiary alicyclic amines) is 1. The smallest absolute Gasteiger partial charge is 0.262 e. The number of nitrogens with zero attached hydrogens (tertiary/aromatic N) is 6. The van der Waals surface area contributed by atoms with E-state index in [9.17, 15) is 27.6 Å². The molecule has 66 heavy (non-hydrogen) atoms. The number of carbonyl (C=O) groups excluding carboxylic acids is 4. The second-order valence-electron chi connectivity index (χ2n) is 19.2. The molecule has 4 N–H and O–H groups in total. The Kier molecular flexibility index (Phi) is 12.6. The molecule has 0 saturated carbocycles. The number of imide groups is 2. The molecular weight excluding hydrogens is 861 g/mol. The van der Waals surface area contributed by atoms with Crippen LogP contribution in [0.2, 0.25) is 0 Å². The van der Waals surface area contributed by atoms with Crippen molar-refractivity contribution >= 4 is 62.5 Å². The van der Waals surface area contributed by atoms with Crippen LogP contribution in [0.3, 0.4) is 0 Å². The quantitative estimate of drug-likeness (QED) is 0.121. The molecule has 3 aromatic carbocycles. The summed E-state index contributed by atoms with van der Waals surface area (Å²) in [6.07, 6.45) is 6.45. The molecule has 18 heteroatoms. The van der Waals surface area contributed by atoms with Crippen LogP contribution in [0.1, 0.15) is 85.6 Å². The van der Waals surface area contributed by atoms with Crippen LogP contribution < -0.4 is 30.3 Å². The average Bonchev–Trinajstić information content (AvgIpc) is 3.53. The van der Waals surface area contributed by atoms with E-state index in [2.05, 4.69) is 45.3 Å². The number of rotatable bonds is 14. The van der Waals surface area contributed by atoms with Crippen molar-refractivity contribution in [3.05, 3.63) is 89.6 Å². The first kappa shape index (κ1) is 45.2. The lowest BCUT2D eigenvalue weighted by Gasteiger charge is -2.53. The number of aromatic nitrogens is 2. The van der Waals surface area contributed by atoms with Gasteiger partial charge in [0.15, 0.2) is 0 Å². The molecule has 0 spiro atoms. The molecule has 3 atom stereocenters. The molecule has 17 nitrogen and oxygen atoms in total. The van der Waals surface area contributed by atoms with Gasteiger partial charge in [0.2, 0.25) is 27.8 Å². The third-order valence-electron chi connectivity index (χ3n) is 13.2. The standard InChI is InChI=1S/C48H58N10O7S/c1-30-26-49-47(53-43(30)50-33-6-5-7-38(24-33)66(63,64)54-48(2,3)4)51-32-8-13-37(14-9-32)65-23-22-55-20-18-31(19-21-55)27-56-28-36-11-10-35(56)29-57(36)34-12-15-39-40(25-34)46(62)58(45(39)61)41-16-17-42(59)52-44(41)60/h5-9,12-15,24-26,31,35-36,41,54H,10-11,16-23,27-29H2,1-4H3,(H,52,59,60)(H2,49,50,51,53). The second-order valence-corrected chi connectivity index (χ2v) is 20.9. The highest BCUT2D eigenvalue weighted by molar-refractivity contribution is 7.89. The van der Waals surface area contributed by atoms with Crippen LogP contribution in [0, 0.1) is 12.8 Å². The summed E-state index contributed by atoms with van der Waals surface area (Å²) >= 11 is 0. The third-order valence-corrected chi connectivity index (χ3v) is 15.0. The Labute approximate surface area is 385 Å². The van der Waals surface area contributed by atoms with Crippen molar-refractivity contribution in [1.29, 1.82) is 0 Å². The Morgan fingerprint density at radius 2 is 1.59 bits per heavy atom. The van der Waals surface area contributed by atoms with Crippen molar-refractivity contribution in [2.45, 2.75) is 94.8 Å². The first-order valence-corrected chi connectivity index (χ1v) is 24.4. The number of anilines is 5. The van der Waals surface area contributed by atoms with Crippen LogP contribution >= 0.6 is 0 Å². The van der Waals surface area contributed by atoms with Gasteiger partial charge in [-0.05, 0) is 139 Å². The Bertz CT molecular complexity index is 2630. The van der Waals surface area contributed by atoms with E-state index in [0.717, 1.165) is 92.5 Å². The van der Waals surface area contributed by atoms with E-state index in [1.165, 1.54) is 0 Å². The zero-order valence-corrected chi connectivity index (χ0v) is 38.7. The summed E-state index contributed by atoms with van der Waals surface area (Å²) in [5, 5.41) is 8.76. The minimum atomic E-state index is -3.70. The molecule has 5 saturated heterocycles. The van der Waals surface area contributed by atoms with E-state index in [-0.39, 0.29) is 23.6 Å². The van der Waals surface area contributed by atoms with Crippen molar-refractivity contribution in [3.63, 3.8) is 0 Å².